The summed E-state index contributed by atoms with van der Waals surface area (Å²) in [6.07, 6.45) is 3.40. The zero-order valence-electron chi connectivity index (χ0n) is 11.1. The van der Waals surface area contributed by atoms with Gasteiger partial charge < -0.3 is 5.32 Å². The van der Waals surface area contributed by atoms with Crippen LogP contribution in [0.5, 0.6) is 0 Å². The first kappa shape index (κ1) is 15.3. The Bertz CT molecular complexity index is 512. The number of aryl methyl sites for hydroxylation is 1. The molecule has 3 nitrogen and oxygen atoms in total. The van der Waals surface area contributed by atoms with Gasteiger partial charge in [0.1, 0.15) is 0 Å². The summed E-state index contributed by atoms with van der Waals surface area (Å²) in [7, 11) is 1.78. The van der Waals surface area contributed by atoms with Gasteiger partial charge in [-0.3, -0.25) is 0 Å². The van der Waals surface area contributed by atoms with Gasteiger partial charge in [-0.15, -0.1) is 0 Å². The van der Waals surface area contributed by atoms with Gasteiger partial charge in [-0.25, -0.2) is 8.42 Å². The Kier molecular flexibility index (Phi) is 5.47. The molecule has 0 atom stereocenters. The van der Waals surface area contributed by atoms with Gasteiger partial charge in [-0.2, -0.15) is 0 Å². The van der Waals surface area contributed by atoms with Crippen LogP contribution in [0.4, 0.5) is 5.69 Å². The van der Waals surface area contributed by atoms with E-state index in [0.29, 0.717) is 11.1 Å². The minimum absolute atomic E-state index is 0.227. The van der Waals surface area contributed by atoms with Crippen LogP contribution in [0.1, 0.15) is 37.3 Å². The highest BCUT2D eigenvalue weighted by Crippen LogP contribution is 2.29. The third kappa shape index (κ3) is 3.89. The summed E-state index contributed by atoms with van der Waals surface area (Å²) in [5.74, 6) is 0. The Labute approximate surface area is 114 Å². The normalized spacial score (nSPS) is 11.6. The minimum atomic E-state index is -3.69. The second kappa shape index (κ2) is 6.43. The lowest BCUT2D eigenvalue weighted by Gasteiger charge is -2.13. The average Bonchev–Trinajstić information content (AvgIpc) is 2.25. The molecular formula is C13H20ClNO2S. The third-order valence-corrected chi connectivity index (χ3v) is 4.52. The SMILES string of the molecule is CCCCCNc1ccc(C)c(S(=O)(=O)Cl)c1C. The molecule has 5 heteroatoms. The van der Waals surface area contributed by atoms with Crippen LogP contribution in [-0.4, -0.2) is 15.0 Å². The maximum atomic E-state index is 11.5. The van der Waals surface area contributed by atoms with Crippen LogP contribution in [0.25, 0.3) is 0 Å². The van der Waals surface area contributed by atoms with Crippen molar-refractivity contribution in [3.05, 3.63) is 23.3 Å². The number of unbranched alkanes of at least 4 members (excludes halogenated alkanes) is 2. The summed E-state index contributed by atoms with van der Waals surface area (Å²) in [5, 5.41) is 3.26. The van der Waals surface area contributed by atoms with Crippen molar-refractivity contribution in [2.45, 2.75) is 44.9 Å². The molecule has 0 aliphatic rings. The lowest BCUT2D eigenvalue weighted by atomic mass is 10.1. The predicted molar refractivity (Wildman–Crippen MR) is 77.0 cm³/mol. The van der Waals surface area contributed by atoms with Gasteiger partial charge in [0.2, 0.25) is 0 Å². The zero-order valence-corrected chi connectivity index (χ0v) is 12.7. The standard InChI is InChI=1S/C13H20ClNO2S/c1-4-5-6-9-15-12-8-7-10(2)13(11(12)3)18(14,16)17/h7-8,15H,4-6,9H2,1-3H3. The second-order valence-electron chi connectivity index (χ2n) is 4.46. The quantitative estimate of drug-likeness (QED) is 0.639. The van der Waals surface area contributed by atoms with Crippen LogP contribution in [0.3, 0.4) is 0 Å². The molecule has 0 aliphatic heterocycles. The molecule has 18 heavy (non-hydrogen) atoms. The van der Waals surface area contributed by atoms with Gasteiger partial charge in [-0.05, 0) is 37.5 Å². The molecule has 0 aromatic heterocycles. The van der Waals surface area contributed by atoms with Crippen molar-refractivity contribution in [2.24, 2.45) is 0 Å². The molecule has 0 aliphatic carbocycles. The van der Waals surface area contributed by atoms with Gasteiger partial charge in [0.15, 0.2) is 0 Å². The van der Waals surface area contributed by atoms with E-state index >= 15 is 0 Å². The summed E-state index contributed by atoms with van der Waals surface area (Å²) >= 11 is 0. The number of halogens is 1. The first-order valence-electron chi connectivity index (χ1n) is 6.16. The smallest absolute Gasteiger partial charge is 0.261 e. The fraction of sp³-hybridized carbons (Fsp3) is 0.538. The van der Waals surface area contributed by atoms with Crippen LogP contribution >= 0.6 is 10.7 Å². The Morgan fingerprint density at radius 1 is 1.22 bits per heavy atom. The summed E-state index contributed by atoms with van der Waals surface area (Å²) in [5.41, 5.74) is 2.22. The molecule has 0 saturated heterocycles. The van der Waals surface area contributed by atoms with Crippen molar-refractivity contribution in [3.63, 3.8) is 0 Å². The Hall–Kier alpha value is -0.740. The number of anilines is 1. The molecule has 0 heterocycles. The number of rotatable bonds is 6. The molecule has 1 N–H and O–H groups in total. The largest absolute Gasteiger partial charge is 0.385 e. The van der Waals surface area contributed by atoms with Gasteiger partial charge in [-0.1, -0.05) is 25.8 Å². The predicted octanol–water partition coefficient (Wildman–Crippen LogP) is 3.83. The van der Waals surface area contributed by atoms with Crippen LogP contribution in [0.2, 0.25) is 0 Å². The molecule has 0 radical (unpaired) electrons. The molecule has 102 valence electrons. The van der Waals surface area contributed by atoms with E-state index in [9.17, 15) is 8.42 Å². The lowest BCUT2D eigenvalue weighted by molar-refractivity contribution is 0.608. The molecule has 1 aromatic carbocycles. The van der Waals surface area contributed by atoms with Crippen molar-refractivity contribution >= 4 is 25.4 Å². The van der Waals surface area contributed by atoms with E-state index in [1.165, 1.54) is 6.42 Å². The van der Waals surface area contributed by atoms with Crippen molar-refractivity contribution in [2.75, 3.05) is 11.9 Å². The van der Waals surface area contributed by atoms with E-state index in [4.69, 9.17) is 10.7 Å². The molecule has 1 rings (SSSR count). The molecule has 1 aromatic rings. The number of nitrogens with one attached hydrogen (secondary N) is 1. The van der Waals surface area contributed by atoms with Gasteiger partial charge in [0.25, 0.3) is 9.05 Å². The maximum absolute atomic E-state index is 11.5. The highest BCUT2D eigenvalue weighted by atomic mass is 35.7. The van der Waals surface area contributed by atoms with Crippen molar-refractivity contribution in [1.29, 1.82) is 0 Å². The highest BCUT2D eigenvalue weighted by Gasteiger charge is 2.18. The molecule has 0 fully saturated rings. The van der Waals surface area contributed by atoms with E-state index < -0.39 is 9.05 Å². The molecule has 0 spiro atoms. The van der Waals surface area contributed by atoms with Crippen molar-refractivity contribution in [3.8, 4) is 0 Å². The summed E-state index contributed by atoms with van der Waals surface area (Å²) in [4.78, 5) is 0.227. The molecule has 0 bridgehead atoms. The highest BCUT2D eigenvalue weighted by molar-refractivity contribution is 8.13. The van der Waals surface area contributed by atoms with E-state index in [1.54, 1.807) is 19.9 Å². The first-order valence-corrected chi connectivity index (χ1v) is 8.47. The van der Waals surface area contributed by atoms with Crippen LogP contribution in [0, 0.1) is 13.8 Å². The summed E-state index contributed by atoms with van der Waals surface area (Å²) in [6, 6.07) is 3.69. The van der Waals surface area contributed by atoms with Crippen LogP contribution in [0.15, 0.2) is 17.0 Å². The zero-order chi connectivity index (χ0) is 13.8. The Morgan fingerprint density at radius 2 is 1.89 bits per heavy atom. The minimum Gasteiger partial charge on any atom is -0.385 e. The maximum Gasteiger partial charge on any atom is 0.261 e. The summed E-state index contributed by atoms with van der Waals surface area (Å²) < 4.78 is 23.1. The van der Waals surface area contributed by atoms with E-state index in [2.05, 4.69) is 12.2 Å². The van der Waals surface area contributed by atoms with Crippen molar-refractivity contribution < 1.29 is 8.42 Å². The van der Waals surface area contributed by atoms with E-state index in [0.717, 1.165) is 25.1 Å². The second-order valence-corrected chi connectivity index (χ2v) is 6.96. The number of benzene rings is 1. The molecule has 0 unspecified atom stereocenters. The average molecular weight is 290 g/mol. The Morgan fingerprint density at radius 3 is 2.44 bits per heavy atom. The number of hydrogen-bond donors (Lipinski definition) is 1. The van der Waals surface area contributed by atoms with Crippen molar-refractivity contribution in [1.82, 2.24) is 0 Å². The molecule has 0 saturated carbocycles. The van der Waals surface area contributed by atoms with Crippen LogP contribution < -0.4 is 5.32 Å². The summed E-state index contributed by atoms with van der Waals surface area (Å²) in [6.45, 7) is 6.53. The molecule has 0 amide bonds. The fourth-order valence-electron chi connectivity index (χ4n) is 1.99. The van der Waals surface area contributed by atoms with E-state index in [-0.39, 0.29) is 4.90 Å². The van der Waals surface area contributed by atoms with Crippen LogP contribution in [-0.2, 0) is 9.05 Å². The number of hydrogen-bond acceptors (Lipinski definition) is 3. The molecular weight excluding hydrogens is 270 g/mol. The lowest BCUT2D eigenvalue weighted by Crippen LogP contribution is -2.06. The topological polar surface area (TPSA) is 46.2 Å². The van der Waals surface area contributed by atoms with Gasteiger partial charge in [0.05, 0.1) is 4.90 Å². The van der Waals surface area contributed by atoms with Gasteiger partial charge in [0, 0.05) is 22.9 Å². The van der Waals surface area contributed by atoms with E-state index in [1.807, 2.05) is 6.07 Å². The van der Waals surface area contributed by atoms with Gasteiger partial charge >= 0.3 is 0 Å². The fourth-order valence-corrected chi connectivity index (χ4v) is 3.63. The third-order valence-electron chi connectivity index (χ3n) is 2.94. The monoisotopic (exact) mass is 289 g/mol. The Balaban J connectivity index is 2.96. The first-order chi connectivity index (χ1) is 8.38.